The molecule has 0 aliphatic carbocycles. The van der Waals surface area contributed by atoms with Crippen molar-refractivity contribution in [2.75, 3.05) is 0 Å². The van der Waals surface area contributed by atoms with Crippen molar-refractivity contribution in [1.82, 2.24) is 19.3 Å². The van der Waals surface area contributed by atoms with Gasteiger partial charge in [-0.1, -0.05) is 33.8 Å². The zero-order valence-electron chi connectivity index (χ0n) is 20.5. The third-order valence-electron chi connectivity index (χ3n) is 6.27. The summed E-state index contributed by atoms with van der Waals surface area (Å²) in [6, 6.07) is 12.5. The van der Waals surface area contributed by atoms with E-state index in [9.17, 15) is 5.26 Å². The Morgan fingerprint density at radius 2 is 1.62 bits per heavy atom. The number of imidazole rings is 1. The van der Waals surface area contributed by atoms with Gasteiger partial charge in [-0.05, 0) is 54.5 Å². The highest BCUT2D eigenvalue weighted by molar-refractivity contribution is 5.63. The fourth-order valence-corrected chi connectivity index (χ4v) is 4.40. The number of rotatable bonds is 5. The average molecular weight is 450 g/mol. The Labute approximate surface area is 201 Å². The lowest BCUT2D eigenvalue weighted by Crippen LogP contribution is -2.35. The summed E-state index contributed by atoms with van der Waals surface area (Å²) in [5.41, 5.74) is 7.99. The van der Waals surface area contributed by atoms with Crippen molar-refractivity contribution in [1.29, 1.82) is 5.26 Å². The Balaban J connectivity index is 2.12. The van der Waals surface area contributed by atoms with Crippen LogP contribution in [0.1, 0.15) is 67.5 Å². The summed E-state index contributed by atoms with van der Waals surface area (Å²) in [6.07, 6.45) is 11.4. The van der Waals surface area contributed by atoms with E-state index < -0.39 is 0 Å². The summed E-state index contributed by atoms with van der Waals surface area (Å²) in [5.74, 6) is 4.29. The predicted octanol–water partition coefficient (Wildman–Crippen LogP) is 4.96. The molecule has 0 aliphatic rings. The van der Waals surface area contributed by atoms with Crippen molar-refractivity contribution < 1.29 is 4.57 Å². The number of benzene rings is 2. The molecular weight excluding hydrogens is 420 g/mol. The van der Waals surface area contributed by atoms with Crippen LogP contribution in [0.15, 0.2) is 49.2 Å². The maximum absolute atomic E-state index is 9.55. The molecule has 34 heavy (non-hydrogen) atoms. The number of hydrogen-bond acceptors (Lipinski definition) is 3. The number of nitrogens with zero attached hydrogens (tertiary/aromatic N) is 6. The molecule has 4 rings (SSSR count). The lowest BCUT2D eigenvalue weighted by Gasteiger charge is -2.20. The van der Waals surface area contributed by atoms with Crippen LogP contribution in [0.3, 0.4) is 0 Å². The summed E-state index contributed by atoms with van der Waals surface area (Å²) in [6.45, 7) is 10.9. The van der Waals surface area contributed by atoms with E-state index in [0.717, 1.165) is 34.0 Å². The molecule has 0 atom stereocenters. The Kier molecular flexibility index (Phi) is 6.09. The van der Waals surface area contributed by atoms with Gasteiger partial charge in [0.25, 0.3) is 5.82 Å². The van der Waals surface area contributed by atoms with E-state index >= 15 is 0 Å². The normalized spacial score (nSPS) is 11.1. The highest BCUT2D eigenvalue weighted by atomic mass is 15.2. The highest BCUT2D eigenvalue weighted by Crippen LogP contribution is 2.33. The van der Waals surface area contributed by atoms with Gasteiger partial charge in [0, 0.05) is 16.8 Å². The first-order valence-electron chi connectivity index (χ1n) is 11.4. The predicted molar refractivity (Wildman–Crippen MR) is 133 cm³/mol. The first-order chi connectivity index (χ1) is 16.3. The monoisotopic (exact) mass is 449 g/mol. The molecule has 0 spiro atoms. The van der Waals surface area contributed by atoms with Crippen molar-refractivity contribution >= 4 is 0 Å². The number of aryl methyl sites for hydroxylation is 1. The van der Waals surface area contributed by atoms with Crippen molar-refractivity contribution in [3.8, 4) is 41.2 Å². The van der Waals surface area contributed by atoms with E-state index in [2.05, 4.69) is 73.5 Å². The maximum atomic E-state index is 9.55. The zero-order valence-corrected chi connectivity index (χ0v) is 20.5. The van der Waals surface area contributed by atoms with E-state index in [-0.39, 0.29) is 11.8 Å². The molecule has 0 amide bonds. The van der Waals surface area contributed by atoms with Crippen molar-refractivity contribution in [2.24, 2.45) is 7.05 Å². The third kappa shape index (κ3) is 3.89. The molecule has 0 radical (unpaired) electrons. The van der Waals surface area contributed by atoms with Crippen molar-refractivity contribution in [3.05, 3.63) is 77.1 Å². The second-order valence-electron chi connectivity index (χ2n) is 9.20. The van der Waals surface area contributed by atoms with E-state index in [1.807, 2.05) is 40.6 Å². The minimum absolute atomic E-state index is 0.255. The van der Waals surface area contributed by atoms with Crippen LogP contribution in [0.25, 0.3) is 22.8 Å². The summed E-state index contributed by atoms with van der Waals surface area (Å²) < 4.78 is 6.18. The van der Waals surface area contributed by atoms with Crippen LogP contribution in [0.5, 0.6) is 0 Å². The van der Waals surface area contributed by atoms with E-state index in [1.165, 1.54) is 11.1 Å². The van der Waals surface area contributed by atoms with Gasteiger partial charge in [0.1, 0.15) is 18.3 Å². The summed E-state index contributed by atoms with van der Waals surface area (Å²) >= 11 is 0. The Morgan fingerprint density at radius 3 is 2.15 bits per heavy atom. The Hall–Kier alpha value is -4.16. The number of hydrogen-bond donors (Lipinski definition) is 0. The topological polar surface area (TPSA) is 63.3 Å². The molecule has 0 saturated carbocycles. The maximum Gasteiger partial charge on any atom is 0.295 e. The van der Waals surface area contributed by atoms with Gasteiger partial charge >= 0.3 is 0 Å². The summed E-state index contributed by atoms with van der Waals surface area (Å²) in [4.78, 5) is 0. The van der Waals surface area contributed by atoms with Gasteiger partial charge < -0.3 is 0 Å². The van der Waals surface area contributed by atoms with Crippen LogP contribution < -0.4 is 4.57 Å². The molecule has 6 nitrogen and oxygen atoms in total. The fourth-order valence-electron chi connectivity index (χ4n) is 4.40. The van der Waals surface area contributed by atoms with Gasteiger partial charge in [-0.25, -0.2) is 4.57 Å². The first-order valence-corrected chi connectivity index (χ1v) is 11.4. The Bertz CT molecular complexity index is 1410. The van der Waals surface area contributed by atoms with Gasteiger partial charge in [0.2, 0.25) is 5.69 Å². The van der Waals surface area contributed by atoms with E-state index in [4.69, 9.17) is 6.42 Å². The first kappa shape index (κ1) is 23.0. The third-order valence-corrected chi connectivity index (χ3v) is 6.27. The molecule has 0 saturated heterocycles. The van der Waals surface area contributed by atoms with E-state index in [1.54, 1.807) is 12.7 Å². The van der Waals surface area contributed by atoms with Gasteiger partial charge in [0.05, 0.1) is 24.2 Å². The largest absolute Gasteiger partial charge is 0.295 e. The second kappa shape index (κ2) is 9.00. The lowest BCUT2D eigenvalue weighted by molar-refractivity contribution is -0.584. The minimum Gasteiger partial charge on any atom is -0.288 e. The van der Waals surface area contributed by atoms with Gasteiger partial charge in [-0.15, -0.1) is 16.6 Å². The van der Waals surface area contributed by atoms with Gasteiger partial charge in [0.15, 0.2) is 6.20 Å². The molecule has 2 aromatic heterocycles. The SMILES string of the molecule is C#Cc1c[n+](-c2c(C(C)C)cc(-n3cnnc3)cc2C(C)C)c(-c2cc(C#N)ccc2C)n1C. The van der Waals surface area contributed by atoms with Gasteiger partial charge in [-0.3, -0.25) is 4.57 Å². The minimum atomic E-state index is 0.255. The molecule has 0 fully saturated rings. The quantitative estimate of drug-likeness (QED) is 0.320. The fraction of sp³-hybridized carbons (Fsp3) is 0.286. The smallest absolute Gasteiger partial charge is 0.288 e. The molecule has 6 heteroatoms. The van der Waals surface area contributed by atoms with Crippen LogP contribution in [0.2, 0.25) is 0 Å². The average Bonchev–Trinajstić information content (AvgIpc) is 3.46. The van der Waals surface area contributed by atoms with Crippen LogP contribution in [0, 0.1) is 30.6 Å². The van der Waals surface area contributed by atoms with Crippen molar-refractivity contribution in [3.63, 3.8) is 0 Å². The molecule has 4 aromatic rings. The molecular formula is C28H29N6+. The lowest BCUT2D eigenvalue weighted by atomic mass is 9.91. The summed E-state index contributed by atoms with van der Waals surface area (Å²) in [5, 5.41) is 17.5. The standard InChI is InChI=1S/C28H29N6/c1-8-22-15-34(28(32(22)7)26-11-21(14-29)10-9-20(26)6)27-24(18(2)3)12-23(13-25(27)19(4)5)33-16-30-31-17-33/h1,9-13,15-19H,2-7H3/q+1. The zero-order chi connectivity index (χ0) is 24.6. The number of nitriles is 1. The van der Waals surface area contributed by atoms with Crippen LogP contribution in [-0.4, -0.2) is 19.3 Å². The molecule has 0 unspecified atom stereocenters. The molecule has 170 valence electrons. The highest BCUT2D eigenvalue weighted by Gasteiger charge is 2.30. The molecule has 0 aliphatic heterocycles. The molecule has 0 N–H and O–H groups in total. The van der Waals surface area contributed by atoms with Crippen LogP contribution in [0.4, 0.5) is 0 Å². The molecule has 0 bridgehead atoms. The van der Waals surface area contributed by atoms with Crippen LogP contribution >= 0.6 is 0 Å². The Morgan fingerprint density at radius 1 is 1.00 bits per heavy atom. The van der Waals surface area contributed by atoms with Crippen LogP contribution in [-0.2, 0) is 7.05 Å². The van der Waals surface area contributed by atoms with Crippen molar-refractivity contribution in [2.45, 2.75) is 46.5 Å². The second-order valence-corrected chi connectivity index (χ2v) is 9.20. The van der Waals surface area contributed by atoms with E-state index in [0.29, 0.717) is 5.56 Å². The molecule has 2 heterocycles. The molecule has 2 aromatic carbocycles. The number of terminal acetylenes is 1. The summed E-state index contributed by atoms with van der Waals surface area (Å²) in [7, 11) is 1.98. The number of aromatic nitrogens is 5. The van der Waals surface area contributed by atoms with Gasteiger partial charge in [-0.2, -0.15) is 9.83 Å².